The molecule has 0 radical (unpaired) electrons. The average Bonchev–Trinajstić information content (AvgIpc) is 2.76. The van der Waals surface area contributed by atoms with Crippen molar-refractivity contribution in [2.45, 2.75) is 40.2 Å². The molecule has 3 nitrogen and oxygen atoms in total. The Morgan fingerprint density at radius 3 is 2.58 bits per heavy atom. The summed E-state index contributed by atoms with van der Waals surface area (Å²) in [4.78, 5) is 4.42. The van der Waals surface area contributed by atoms with Gasteiger partial charge in [0.1, 0.15) is 0 Å². The lowest BCUT2D eigenvalue weighted by Crippen LogP contribution is -2.08. The predicted molar refractivity (Wildman–Crippen MR) is 80.9 cm³/mol. The molecule has 3 heteroatoms. The average molecular weight is 257 g/mol. The Morgan fingerprint density at radius 2 is 1.89 bits per heavy atom. The summed E-state index contributed by atoms with van der Waals surface area (Å²) in [6.07, 6.45) is 3.88. The van der Waals surface area contributed by atoms with E-state index in [-0.39, 0.29) is 0 Å². The van der Waals surface area contributed by atoms with Crippen LogP contribution in [0.2, 0.25) is 0 Å². The molecule has 2 rings (SSSR count). The quantitative estimate of drug-likeness (QED) is 0.860. The van der Waals surface area contributed by atoms with E-state index >= 15 is 0 Å². The first-order chi connectivity index (χ1) is 9.08. The number of hydrogen-bond donors (Lipinski definition) is 1. The van der Waals surface area contributed by atoms with E-state index in [1.807, 2.05) is 12.4 Å². The van der Waals surface area contributed by atoms with Gasteiger partial charge in [-0.05, 0) is 23.5 Å². The summed E-state index contributed by atoms with van der Waals surface area (Å²) in [6.45, 7) is 9.83. The Hall–Kier alpha value is -1.77. The van der Waals surface area contributed by atoms with Gasteiger partial charge < -0.3 is 9.88 Å². The number of nitrogens with one attached hydrogen (secondary N) is 1. The van der Waals surface area contributed by atoms with Crippen molar-refractivity contribution >= 4 is 11.6 Å². The normalized spacial score (nSPS) is 11.3. The van der Waals surface area contributed by atoms with E-state index in [1.54, 1.807) is 0 Å². The highest BCUT2D eigenvalue weighted by Crippen LogP contribution is 2.26. The van der Waals surface area contributed by atoms with Crippen molar-refractivity contribution in [1.29, 1.82) is 0 Å². The van der Waals surface area contributed by atoms with Crippen molar-refractivity contribution in [1.82, 2.24) is 9.55 Å². The molecule has 0 aliphatic heterocycles. The topological polar surface area (TPSA) is 29.9 Å². The van der Waals surface area contributed by atoms with E-state index in [4.69, 9.17) is 0 Å². The molecular weight excluding hydrogens is 234 g/mol. The number of nitrogens with zero attached hydrogens (tertiary/aromatic N) is 2. The highest BCUT2D eigenvalue weighted by molar-refractivity contribution is 5.59. The monoisotopic (exact) mass is 257 g/mol. The van der Waals surface area contributed by atoms with Gasteiger partial charge in [0, 0.05) is 24.6 Å². The Labute approximate surface area is 115 Å². The van der Waals surface area contributed by atoms with E-state index in [1.165, 1.54) is 5.56 Å². The first-order valence-electron chi connectivity index (χ1n) is 6.95. The molecule has 1 heterocycles. The maximum atomic E-state index is 4.42. The fourth-order valence-corrected chi connectivity index (χ4v) is 2.21. The summed E-state index contributed by atoms with van der Waals surface area (Å²) in [5, 5.41) is 3.46. The summed E-state index contributed by atoms with van der Waals surface area (Å²) >= 11 is 0. The lowest BCUT2D eigenvalue weighted by Gasteiger charge is -2.16. The molecule has 1 aromatic carbocycles. The molecule has 2 aromatic rings. The molecule has 0 fully saturated rings. The second-order valence-corrected chi connectivity index (χ2v) is 5.66. The third-order valence-electron chi connectivity index (χ3n) is 3.11. The molecule has 0 atom stereocenters. The van der Waals surface area contributed by atoms with Gasteiger partial charge in [0.05, 0.1) is 0 Å². The number of imidazole rings is 1. The Bertz CT molecular complexity index is 526. The van der Waals surface area contributed by atoms with Gasteiger partial charge in [-0.25, -0.2) is 4.98 Å². The number of aromatic nitrogens is 2. The lowest BCUT2D eigenvalue weighted by atomic mass is 10.0. The van der Waals surface area contributed by atoms with Gasteiger partial charge in [-0.15, -0.1) is 0 Å². The van der Waals surface area contributed by atoms with E-state index in [0.717, 1.165) is 18.2 Å². The van der Waals surface area contributed by atoms with Crippen LogP contribution < -0.4 is 5.32 Å². The number of para-hydroxylation sites is 1. The molecule has 1 aromatic heterocycles. The van der Waals surface area contributed by atoms with Crippen LogP contribution in [0.25, 0.3) is 0 Å². The van der Waals surface area contributed by atoms with Gasteiger partial charge in [0.2, 0.25) is 5.95 Å². The SMILES string of the molecule is CC(C)Cn1ccnc1Nc1ccccc1C(C)C. The molecule has 102 valence electrons. The number of rotatable bonds is 5. The summed E-state index contributed by atoms with van der Waals surface area (Å²) in [5.74, 6) is 2.02. The molecule has 0 aliphatic rings. The van der Waals surface area contributed by atoms with Crippen molar-refractivity contribution in [2.75, 3.05) is 5.32 Å². The number of benzene rings is 1. The van der Waals surface area contributed by atoms with Crippen LogP contribution in [0.4, 0.5) is 11.6 Å². The van der Waals surface area contributed by atoms with E-state index in [2.05, 4.69) is 66.8 Å². The maximum Gasteiger partial charge on any atom is 0.207 e. The molecule has 0 bridgehead atoms. The van der Waals surface area contributed by atoms with Crippen molar-refractivity contribution in [2.24, 2.45) is 5.92 Å². The van der Waals surface area contributed by atoms with Crippen LogP contribution in [0.1, 0.15) is 39.2 Å². The fourth-order valence-electron chi connectivity index (χ4n) is 2.21. The zero-order chi connectivity index (χ0) is 13.8. The van der Waals surface area contributed by atoms with Crippen LogP contribution >= 0.6 is 0 Å². The molecule has 0 saturated carbocycles. The second kappa shape index (κ2) is 5.91. The van der Waals surface area contributed by atoms with Gasteiger partial charge in [-0.1, -0.05) is 45.9 Å². The lowest BCUT2D eigenvalue weighted by molar-refractivity contribution is 0.527. The largest absolute Gasteiger partial charge is 0.325 e. The van der Waals surface area contributed by atoms with Gasteiger partial charge in [-0.2, -0.15) is 0 Å². The Kier molecular flexibility index (Phi) is 4.25. The Balaban J connectivity index is 2.24. The standard InChI is InChI=1S/C16H23N3/c1-12(2)11-19-10-9-17-16(19)18-15-8-6-5-7-14(15)13(3)4/h5-10,12-13H,11H2,1-4H3,(H,17,18). The Morgan fingerprint density at radius 1 is 1.16 bits per heavy atom. The second-order valence-electron chi connectivity index (χ2n) is 5.66. The zero-order valence-electron chi connectivity index (χ0n) is 12.2. The maximum absolute atomic E-state index is 4.42. The minimum Gasteiger partial charge on any atom is -0.325 e. The van der Waals surface area contributed by atoms with Crippen LogP contribution in [0.15, 0.2) is 36.7 Å². The molecular formula is C16H23N3. The summed E-state index contributed by atoms with van der Waals surface area (Å²) in [6, 6.07) is 8.43. The van der Waals surface area contributed by atoms with Crippen LogP contribution in [0, 0.1) is 5.92 Å². The number of hydrogen-bond acceptors (Lipinski definition) is 2. The van der Waals surface area contributed by atoms with Crippen molar-refractivity contribution in [3.8, 4) is 0 Å². The minimum atomic E-state index is 0.497. The van der Waals surface area contributed by atoms with Crippen LogP contribution in [0.5, 0.6) is 0 Å². The minimum absolute atomic E-state index is 0.497. The molecule has 0 spiro atoms. The van der Waals surface area contributed by atoms with Gasteiger partial charge in [0.15, 0.2) is 0 Å². The highest BCUT2D eigenvalue weighted by Gasteiger charge is 2.09. The third kappa shape index (κ3) is 3.37. The summed E-state index contributed by atoms with van der Waals surface area (Å²) in [5.41, 5.74) is 2.47. The number of anilines is 2. The van der Waals surface area contributed by atoms with Gasteiger partial charge in [-0.3, -0.25) is 0 Å². The molecule has 19 heavy (non-hydrogen) atoms. The van der Waals surface area contributed by atoms with Gasteiger partial charge >= 0.3 is 0 Å². The molecule has 0 amide bonds. The highest BCUT2D eigenvalue weighted by atomic mass is 15.2. The molecule has 0 saturated heterocycles. The molecule has 1 N–H and O–H groups in total. The van der Waals surface area contributed by atoms with Crippen LogP contribution in [-0.4, -0.2) is 9.55 Å². The van der Waals surface area contributed by atoms with Crippen LogP contribution in [0.3, 0.4) is 0 Å². The summed E-state index contributed by atoms with van der Waals surface area (Å²) in [7, 11) is 0. The predicted octanol–water partition coefficient (Wildman–Crippen LogP) is 4.41. The van der Waals surface area contributed by atoms with Crippen molar-refractivity contribution in [3.63, 3.8) is 0 Å². The van der Waals surface area contributed by atoms with Crippen molar-refractivity contribution in [3.05, 3.63) is 42.2 Å². The van der Waals surface area contributed by atoms with E-state index in [9.17, 15) is 0 Å². The third-order valence-corrected chi connectivity index (χ3v) is 3.11. The molecule has 0 aliphatic carbocycles. The first-order valence-corrected chi connectivity index (χ1v) is 6.95. The van der Waals surface area contributed by atoms with Gasteiger partial charge in [0.25, 0.3) is 0 Å². The summed E-state index contributed by atoms with van der Waals surface area (Å²) < 4.78 is 2.17. The first kappa shape index (κ1) is 13.7. The van der Waals surface area contributed by atoms with E-state index in [0.29, 0.717) is 11.8 Å². The zero-order valence-corrected chi connectivity index (χ0v) is 12.2. The molecule has 0 unspecified atom stereocenters. The van der Waals surface area contributed by atoms with Crippen LogP contribution in [-0.2, 0) is 6.54 Å². The smallest absolute Gasteiger partial charge is 0.207 e. The van der Waals surface area contributed by atoms with E-state index < -0.39 is 0 Å². The van der Waals surface area contributed by atoms with Crippen molar-refractivity contribution < 1.29 is 0 Å². The fraction of sp³-hybridized carbons (Fsp3) is 0.438.